The molecule has 0 aliphatic carbocycles. The summed E-state index contributed by atoms with van der Waals surface area (Å²) in [4.78, 5) is 30.7. The molecular weight excluding hydrogens is 328 g/mol. The quantitative estimate of drug-likeness (QED) is 0.605. The monoisotopic (exact) mass is 346 g/mol. The Morgan fingerprint density at radius 1 is 1.15 bits per heavy atom. The number of aromatic nitrogens is 5. The van der Waals surface area contributed by atoms with Crippen molar-refractivity contribution < 1.29 is 4.79 Å². The smallest absolute Gasteiger partial charge is 0.255 e. The first kappa shape index (κ1) is 15.1. The summed E-state index contributed by atoms with van der Waals surface area (Å²) in [6.07, 6.45) is 10.8. The fourth-order valence-corrected chi connectivity index (χ4v) is 3.83. The Morgan fingerprint density at radius 2 is 2.04 bits per heavy atom. The molecule has 1 N–H and O–H groups in total. The van der Waals surface area contributed by atoms with E-state index in [0.717, 1.165) is 48.0 Å². The summed E-state index contributed by atoms with van der Waals surface area (Å²) < 4.78 is 2.25. The van der Waals surface area contributed by atoms with Crippen molar-refractivity contribution in [2.75, 3.05) is 13.1 Å². The zero-order valence-corrected chi connectivity index (χ0v) is 14.2. The number of rotatable bonds is 2. The van der Waals surface area contributed by atoms with Gasteiger partial charge in [0.1, 0.15) is 11.2 Å². The molecule has 5 heterocycles. The average molecular weight is 346 g/mol. The summed E-state index contributed by atoms with van der Waals surface area (Å²) >= 11 is 0. The number of hydrogen-bond acceptors (Lipinski definition) is 4. The number of likely N-dealkylation sites (tertiary alicyclic amines) is 1. The van der Waals surface area contributed by atoms with Crippen LogP contribution in [0.15, 0.2) is 49.3 Å². The van der Waals surface area contributed by atoms with Gasteiger partial charge in [0.25, 0.3) is 5.91 Å². The lowest BCUT2D eigenvalue weighted by molar-refractivity contribution is 0.0695. The van der Waals surface area contributed by atoms with Gasteiger partial charge in [0.2, 0.25) is 0 Å². The third-order valence-corrected chi connectivity index (χ3v) is 5.17. The number of imidazole rings is 1. The van der Waals surface area contributed by atoms with E-state index in [1.807, 2.05) is 35.8 Å². The van der Waals surface area contributed by atoms with Crippen molar-refractivity contribution in [2.45, 2.75) is 18.9 Å². The predicted octanol–water partition coefficient (Wildman–Crippen LogP) is 2.78. The summed E-state index contributed by atoms with van der Waals surface area (Å²) in [6, 6.07) is 6.00. The highest BCUT2D eigenvalue weighted by molar-refractivity contribution is 6.01. The number of amides is 1. The highest BCUT2D eigenvalue weighted by atomic mass is 16.2. The minimum Gasteiger partial charge on any atom is -0.346 e. The van der Waals surface area contributed by atoms with Gasteiger partial charge < -0.3 is 14.5 Å². The number of aromatic amines is 1. The van der Waals surface area contributed by atoms with Crippen LogP contribution in [0.2, 0.25) is 0 Å². The molecule has 7 nitrogen and oxygen atoms in total. The van der Waals surface area contributed by atoms with E-state index in [4.69, 9.17) is 0 Å². The number of carbonyl (C=O) groups is 1. The van der Waals surface area contributed by atoms with E-state index in [1.165, 1.54) is 0 Å². The van der Waals surface area contributed by atoms with Crippen molar-refractivity contribution in [1.82, 2.24) is 29.4 Å². The van der Waals surface area contributed by atoms with E-state index < -0.39 is 0 Å². The van der Waals surface area contributed by atoms with Gasteiger partial charge in [-0.05, 0) is 31.0 Å². The number of carbonyl (C=O) groups excluding carboxylic acids is 1. The number of pyridine rings is 2. The van der Waals surface area contributed by atoms with Gasteiger partial charge in [-0.3, -0.25) is 9.78 Å². The van der Waals surface area contributed by atoms with Crippen LogP contribution in [-0.4, -0.2) is 48.4 Å². The average Bonchev–Trinajstić information content (AvgIpc) is 3.34. The largest absolute Gasteiger partial charge is 0.346 e. The van der Waals surface area contributed by atoms with Crippen molar-refractivity contribution in [2.24, 2.45) is 0 Å². The van der Waals surface area contributed by atoms with Crippen LogP contribution in [0.5, 0.6) is 0 Å². The first-order chi connectivity index (χ1) is 12.8. The van der Waals surface area contributed by atoms with Gasteiger partial charge in [0.15, 0.2) is 0 Å². The molecule has 5 rings (SSSR count). The minimum absolute atomic E-state index is 0.0595. The summed E-state index contributed by atoms with van der Waals surface area (Å²) in [6.45, 7) is 1.47. The number of nitrogens with one attached hydrogen (secondary N) is 1. The van der Waals surface area contributed by atoms with Crippen molar-refractivity contribution >= 4 is 28.0 Å². The number of H-pyrrole nitrogens is 1. The highest BCUT2D eigenvalue weighted by Crippen LogP contribution is 2.30. The molecule has 26 heavy (non-hydrogen) atoms. The Hall–Kier alpha value is -3.22. The number of piperidine rings is 1. The van der Waals surface area contributed by atoms with Crippen molar-refractivity contribution in [3.63, 3.8) is 0 Å². The molecule has 1 aliphatic heterocycles. The molecule has 4 aromatic heterocycles. The third kappa shape index (κ3) is 2.35. The normalized spacial score (nSPS) is 15.8. The summed E-state index contributed by atoms with van der Waals surface area (Å²) in [5, 5.41) is 1.09. The van der Waals surface area contributed by atoms with E-state index in [1.54, 1.807) is 18.5 Å². The fourth-order valence-electron chi connectivity index (χ4n) is 3.83. The van der Waals surface area contributed by atoms with E-state index >= 15 is 0 Å². The van der Waals surface area contributed by atoms with Crippen molar-refractivity contribution in [3.05, 3.63) is 54.9 Å². The molecule has 1 amide bonds. The predicted molar refractivity (Wildman–Crippen MR) is 97.8 cm³/mol. The SMILES string of the molecule is O=C(c1cccnc1)N1CCC(n2cnc3cnc4[nH]ccc4c32)CC1. The molecule has 1 fully saturated rings. The van der Waals surface area contributed by atoms with Crippen LogP contribution >= 0.6 is 0 Å². The molecule has 1 aliphatic rings. The topological polar surface area (TPSA) is 79.7 Å². The highest BCUT2D eigenvalue weighted by Gasteiger charge is 2.26. The number of fused-ring (bicyclic) bond motifs is 3. The number of hydrogen-bond donors (Lipinski definition) is 1. The van der Waals surface area contributed by atoms with Gasteiger partial charge in [-0.25, -0.2) is 9.97 Å². The van der Waals surface area contributed by atoms with E-state index in [2.05, 4.69) is 24.5 Å². The minimum atomic E-state index is 0.0595. The second kappa shape index (κ2) is 5.94. The Morgan fingerprint density at radius 3 is 2.85 bits per heavy atom. The number of nitrogens with zero attached hydrogens (tertiary/aromatic N) is 5. The maximum atomic E-state index is 12.6. The van der Waals surface area contributed by atoms with E-state index in [9.17, 15) is 4.79 Å². The Bertz CT molecular complexity index is 1080. The van der Waals surface area contributed by atoms with Crippen LogP contribution in [0, 0.1) is 0 Å². The molecule has 0 aromatic carbocycles. The van der Waals surface area contributed by atoms with Crippen LogP contribution in [0.1, 0.15) is 29.2 Å². The van der Waals surface area contributed by atoms with Gasteiger partial charge in [-0.15, -0.1) is 0 Å². The molecule has 0 radical (unpaired) electrons. The van der Waals surface area contributed by atoms with Crippen LogP contribution in [0.25, 0.3) is 22.1 Å². The van der Waals surface area contributed by atoms with Gasteiger partial charge >= 0.3 is 0 Å². The second-order valence-electron chi connectivity index (χ2n) is 6.65. The summed E-state index contributed by atoms with van der Waals surface area (Å²) in [5.41, 5.74) is 3.56. The molecule has 0 bridgehead atoms. The lowest BCUT2D eigenvalue weighted by Crippen LogP contribution is -2.39. The first-order valence-electron chi connectivity index (χ1n) is 8.79. The van der Waals surface area contributed by atoms with Crippen LogP contribution in [0.3, 0.4) is 0 Å². The zero-order chi connectivity index (χ0) is 17.5. The van der Waals surface area contributed by atoms with Gasteiger partial charge in [-0.1, -0.05) is 0 Å². The lowest BCUT2D eigenvalue weighted by atomic mass is 10.0. The van der Waals surface area contributed by atoms with Crippen LogP contribution < -0.4 is 0 Å². The first-order valence-corrected chi connectivity index (χ1v) is 8.79. The lowest BCUT2D eigenvalue weighted by Gasteiger charge is -2.33. The van der Waals surface area contributed by atoms with Gasteiger partial charge in [0.05, 0.1) is 23.6 Å². The second-order valence-corrected chi connectivity index (χ2v) is 6.65. The molecule has 1 saturated heterocycles. The third-order valence-electron chi connectivity index (χ3n) is 5.17. The molecule has 0 atom stereocenters. The Kier molecular flexibility index (Phi) is 3.44. The summed E-state index contributed by atoms with van der Waals surface area (Å²) in [5.74, 6) is 0.0595. The van der Waals surface area contributed by atoms with Crippen molar-refractivity contribution in [3.8, 4) is 0 Å². The maximum absolute atomic E-state index is 12.6. The molecule has 0 saturated carbocycles. The van der Waals surface area contributed by atoms with E-state index in [-0.39, 0.29) is 5.91 Å². The molecular formula is C19H18N6O. The summed E-state index contributed by atoms with van der Waals surface area (Å²) in [7, 11) is 0. The molecule has 0 unspecified atom stereocenters. The standard InChI is InChI=1S/C19H18N6O/c26-19(13-2-1-6-20-10-13)24-8-4-14(5-9-24)25-12-23-16-11-22-18-15(17(16)25)3-7-21-18/h1-3,6-7,10-12,14H,4-5,8-9H2,(H,21,22). The Labute approximate surface area is 149 Å². The van der Waals surface area contributed by atoms with E-state index in [0.29, 0.717) is 11.6 Å². The molecule has 130 valence electrons. The van der Waals surface area contributed by atoms with Crippen molar-refractivity contribution in [1.29, 1.82) is 0 Å². The Balaban J connectivity index is 1.40. The zero-order valence-electron chi connectivity index (χ0n) is 14.2. The molecule has 4 aromatic rings. The molecule has 7 heteroatoms. The molecule has 0 spiro atoms. The van der Waals surface area contributed by atoms with Crippen LogP contribution in [0.4, 0.5) is 0 Å². The van der Waals surface area contributed by atoms with Gasteiger partial charge in [0, 0.05) is 43.1 Å². The maximum Gasteiger partial charge on any atom is 0.255 e. The fraction of sp³-hybridized carbons (Fsp3) is 0.263. The van der Waals surface area contributed by atoms with Gasteiger partial charge in [-0.2, -0.15) is 0 Å². The van der Waals surface area contributed by atoms with Crippen LogP contribution in [-0.2, 0) is 0 Å².